The maximum absolute atomic E-state index is 15.0. The van der Waals surface area contributed by atoms with Gasteiger partial charge in [0.2, 0.25) is 0 Å². The molecule has 7 nitrogen and oxygen atoms in total. The Labute approximate surface area is 196 Å². The molecular formula is C24H25ClFN5O2. The predicted molar refractivity (Wildman–Crippen MR) is 124 cm³/mol. The van der Waals surface area contributed by atoms with Crippen LogP contribution in [0.25, 0.3) is 11.3 Å². The highest BCUT2D eigenvalue weighted by Crippen LogP contribution is 2.37. The number of nitrogens with zero attached hydrogens (tertiary/aromatic N) is 5. The van der Waals surface area contributed by atoms with Gasteiger partial charge in [-0.3, -0.25) is 9.48 Å². The van der Waals surface area contributed by atoms with E-state index in [-0.39, 0.29) is 18.1 Å². The second-order valence-corrected chi connectivity index (χ2v) is 9.20. The Kier molecular flexibility index (Phi) is 5.58. The molecule has 0 spiro atoms. The zero-order valence-corrected chi connectivity index (χ0v) is 19.5. The number of fused-ring (bicyclic) bond motifs is 1. The Morgan fingerprint density at radius 2 is 2.06 bits per heavy atom. The summed E-state index contributed by atoms with van der Waals surface area (Å²) >= 11 is 5.99. The maximum atomic E-state index is 15.0. The lowest BCUT2D eigenvalue weighted by atomic mass is 10.0. The first kappa shape index (κ1) is 21.9. The maximum Gasteiger partial charge on any atom is 0.254 e. The van der Waals surface area contributed by atoms with Gasteiger partial charge in [-0.15, -0.1) is 0 Å². The Balaban J connectivity index is 1.58. The summed E-state index contributed by atoms with van der Waals surface area (Å²) in [6.07, 6.45) is 3.56. The van der Waals surface area contributed by atoms with E-state index < -0.39 is 5.82 Å². The summed E-state index contributed by atoms with van der Waals surface area (Å²) in [6, 6.07) is 6.41. The number of halogens is 2. The van der Waals surface area contributed by atoms with Crippen molar-refractivity contribution in [3.63, 3.8) is 0 Å². The van der Waals surface area contributed by atoms with E-state index in [1.165, 1.54) is 6.07 Å². The molecule has 2 aromatic heterocycles. The summed E-state index contributed by atoms with van der Waals surface area (Å²) < 4.78 is 22.7. The van der Waals surface area contributed by atoms with Crippen LogP contribution in [0.2, 0.25) is 5.02 Å². The van der Waals surface area contributed by atoms with Crippen LogP contribution in [0.1, 0.15) is 41.4 Å². The van der Waals surface area contributed by atoms with E-state index in [0.29, 0.717) is 53.9 Å². The van der Waals surface area contributed by atoms with Crippen LogP contribution < -0.4 is 4.90 Å². The molecule has 172 valence electrons. The van der Waals surface area contributed by atoms with E-state index in [0.717, 1.165) is 11.1 Å². The van der Waals surface area contributed by atoms with Gasteiger partial charge in [-0.25, -0.2) is 9.37 Å². The van der Waals surface area contributed by atoms with Crippen LogP contribution in [-0.2, 0) is 18.3 Å². The monoisotopic (exact) mass is 469 g/mol. The number of pyridine rings is 1. The fourth-order valence-corrected chi connectivity index (χ4v) is 4.61. The van der Waals surface area contributed by atoms with Crippen LogP contribution in [-0.4, -0.2) is 51.3 Å². The molecule has 0 aliphatic carbocycles. The molecule has 0 unspecified atom stereocenters. The average molecular weight is 470 g/mol. The van der Waals surface area contributed by atoms with Crippen molar-refractivity contribution in [3.05, 3.63) is 64.2 Å². The van der Waals surface area contributed by atoms with Crippen molar-refractivity contribution in [2.45, 2.75) is 32.5 Å². The molecule has 0 radical (unpaired) electrons. The van der Waals surface area contributed by atoms with Crippen molar-refractivity contribution in [1.29, 1.82) is 0 Å². The Bertz CT molecular complexity index is 1230. The summed E-state index contributed by atoms with van der Waals surface area (Å²) in [4.78, 5) is 22.0. The molecule has 4 heterocycles. The normalized spacial score (nSPS) is 18.4. The standard InChI is InChI=1S/C24H25ClFN5O2/c1-14(2)31-12-19-18(24(31)32)9-22(28-23(19)17-5-4-16(25)8-20(17)26)30-6-7-33-21(13-30)15-10-27-29(3)11-15/h4-5,8-11,14,21H,6-7,12-13H2,1-3H3/t21-/m0/s1. The third-order valence-corrected chi connectivity index (χ3v) is 6.46. The van der Waals surface area contributed by atoms with E-state index in [1.807, 2.05) is 33.2 Å². The van der Waals surface area contributed by atoms with Crippen molar-refractivity contribution in [2.24, 2.45) is 7.05 Å². The average Bonchev–Trinajstić information content (AvgIpc) is 3.37. The van der Waals surface area contributed by atoms with Crippen LogP contribution in [0.3, 0.4) is 0 Å². The summed E-state index contributed by atoms with van der Waals surface area (Å²) in [7, 11) is 1.87. The number of benzene rings is 1. The zero-order chi connectivity index (χ0) is 23.3. The molecule has 1 atom stereocenters. The SMILES string of the molecule is CC(C)N1Cc2c(cc(N3CCO[C@H](c4cnn(C)c4)C3)nc2-c2ccc(Cl)cc2F)C1=O. The molecule has 5 rings (SSSR count). The van der Waals surface area contributed by atoms with Crippen LogP contribution >= 0.6 is 11.6 Å². The number of hydrogen-bond donors (Lipinski definition) is 0. The number of aromatic nitrogens is 3. The number of carbonyl (C=O) groups is 1. The predicted octanol–water partition coefficient (Wildman–Crippen LogP) is 4.22. The van der Waals surface area contributed by atoms with Crippen LogP contribution in [0, 0.1) is 5.82 Å². The van der Waals surface area contributed by atoms with Crippen molar-refractivity contribution >= 4 is 23.3 Å². The van der Waals surface area contributed by atoms with Gasteiger partial charge in [0.05, 0.1) is 24.1 Å². The highest BCUT2D eigenvalue weighted by atomic mass is 35.5. The van der Waals surface area contributed by atoms with E-state index in [4.69, 9.17) is 21.3 Å². The number of morpholine rings is 1. The van der Waals surface area contributed by atoms with Gasteiger partial charge >= 0.3 is 0 Å². The largest absolute Gasteiger partial charge is 0.370 e. The van der Waals surface area contributed by atoms with Crippen LogP contribution in [0.5, 0.6) is 0 Å². The van der Waals surface area contributed by atoms with Gasteiger partial charge < -0.3 is 14.5 Å². The zero-order valence-electron chi connectivity index (χ0n) is 18.8. The number of rotatable bonds is 4. The van der Waals surface area contributed by atoms with Gasteiger partial charge in [0.15, 0.2) is 0 Å². The molecule has 0 bridgehead atoms. The molecular weight excluding hydrogens is 445 g/mol. The lowest BCUT2D eigenvalue weighted by molar-refractivity contribution is 0.0395. The number of ether oxygens (including phenoxy) is 1. The van der Waals surface area contributed by atoms with Gasteiger partial charge in [-0.2, -0.15) is 5.10 Å². The van der Waals surface area contributed by atoms with Gasteiger partial charge in [0, 0.05) is 60.6 Å². The van der Waals surface area contributed by atoms with Gasteiger partial charge in [-0.1, -0.05) is 11.6 Å². The minimum atomic E-state index is -0.458. The summed E-state index contributed by atoms with van der Waals surface area (Å²) in [5.74, 6) is 0.116. The number of anilines is 1. The molecule has 1 saturated heterocycles. The van der Waals surface area contributed by atoms with Crippen molar-refractivity contribution in [1.82, 2.24) is 19.7 Å². The van der Waals surface area contributed by atoms with E-state index >= 15 is 0 Å². The third kappa shape index (κ3) is 3.98. The molecule has 0 saturated carbocycles. The van der Waals surface area contributed by atoms with E-state index in [2.05, 4.69) is 10.00 Å². The minimum absolute atomic E-state index is 0.0228. The third-order valence-electron chi connectivity index (χ3n) is 6.23. The fraction of sp³-hybridized carbons (Fsp3) is 0.375. The van der Waals surface area contributed by atoms with Crippen molar-refractivity contribution in [3.8, 4) is 11.3 Å². The topological polar surface area (TPSA) is 63.5 Å². The molecule has 2 aliphatic rings. The van der Waals surface area contributed by atoms with Crippen LogP contribution in [0.15, 0.2) is 36.7 Å². The highest BCUT2D eigenvalue weighted by Gasteiger charge is 2.35. The molecule has 0 N–H and O–H groups in total. The number of aryl methyl sites for hydroxylation is 1. The number of carbonyl (C=O) groups excluding carboxylic acids is 1. The summed E-state index contributed by atoms with van der Waals surface area (Å²) in [6.45, 7) is 6.03. The summed E-state index contributed by atoms with van der Waals surface area (Å²) in [5.41, 5.74) is 3.12. The van der Waals surface area contributed by atoms with Crippen LogP contribution in [0.4, 0.5) is 10.2 Å². The van der Waals surface area contributed by atoms with E-state index in [1.54, 1.807) is 27.9 Å². The Morgan fingerprint density at radius 3 is 2.76 bits per heavy atom. The second kappa shape index (κ2) is 8.43. The number of hydrogen-bond acceptors (Lipinski definition) is 5. The second-order valence-electron chi connectivity index (χ2n) is 8.76. The first-order chi connectivity index (χ1) is 15.8. The van der Waals surface area contributed by atoms with Gasteiger partial charge in [0.25, 0.3) is 5.91 Å². The number of amides is 1. The minimum Gasteiger partial charge on any atom is -0.370 e. The quantitative estimate of drug-likeness (QED) is 0.572. The molecule has 9 heteroatoms. The van der Waals surface area contributed by atoms with Gasteiger partial charge in [-0.05, 0) is 38.1 Å². The highest BCUT2D eigenvalue weighted by molar-refractivity contribution is 6.30. The van der Waals surface area contributed by atoms with Crippen molar-refractivity contribution in [2.75, 3.05) is 24.6 Å². The fourth-order valence-electron chi connectivity index (χ4n) is 4.45. The lowest BCUT2D eigenvalue weighted by Gasteiger charge is -2.33. The Morgan fingerprint density at radius 1 is 1.24 bits per heavy atom. The molecule has 1 fully saturated rings. The molecule has 1 aromatic carbocycles. The van der Waals surface area contributed by atoms with E-state index in [9.17, 15) is 9.18 Å². The smallest absolute Gasteiger partial charge is 0.254 e. The molecule has 33 heavy (non-hydrogen) atoms. The first-order valence-corrected chi connectivity index (χ1v) is 11.3. The lowest BCUT2D eigenvalue weighted by Crippen LogP contribution is -2.39. The van der Waals surface area contributed by atoms with Gasteiger partial charge in [0.1, 0.15) is 17.7 Å². The first-order valence-electron chi connectivity index (χ1n) is 11.0. The van der Waals surface area contributed by atoms with Crippen molar-refractivity contribution < 1.29 is 13.9 Å². The molecule has 2 aliphatic heterocycles. The summed E-state index contributed by atoms with van der Waals surface area (Å²) in [5, 5.41) is 4.56. The molecule has 1 amide bonds. The Hall–Kier alpha value is -2.97. The molecule has 3 aromatic rings.